The van der Waals surface area contributed by atoms with Gasteiger partial charge in [0.1, 0.15) is 5.82 Å². The van der Waals surface area contributed by atoms with Crippen molar-refractivity contribution in [2.45, 2.75) is 45.6 Å². The fraction of sp³-hybridized carbons (Fsp3) is 0.667. The molecular weight excluding hydrogens is 306 g/mol. The second-order valence-corrected chi connectivity index (χ2v) is 7.24. The van der Waals surface area contributed by atoms with E-state index >= 15 is 0 Å². The van der Waals surface area contributed by atoms with E-state index in [-0.39, 0.29) is 17.6 Å². The van der Waals surface area contributed by atoms with Crippen LogP contribution < -0.4 is 15.0 Å². The van der Waals surface area contributed by atoms with Gasteiger partial charge >= 0.3 is 6.03 Å². The van der Waals surface area contributed by atoms with Crippen LogP contribution in [0.1, 0.15) is 38.7 Å². The smallest absolute Gasteiger partial charge is 0.323 e. The van der Waals surface area contributed by atoms with Crippen LogP contribution in [0.5, 0.6) is 5.88 Å². The molecule has 3 rings (SSSR count). The van der Waals surface area contributed by atoms with Gasteiger partial charge in [-0.15, -0.1) is 0 Å². The van der Waals surface area contributed by atoms with Crippen LogP contribution in [-0.4, -0.2) is 43.9 Å². The number of methoxy groups -OCH3 is 1. The van der Waals surface area contributed by atoms with Crippen molar-refractivity contribution in [2.24, 2.45) is 5.41 Å². The molecule has 1 saturated heterocycles. The van der Waals surface area contributed by atoms with Gasteiger partial charge in [-0.1, -0.05) is 13.8 Å². The summed E-state index contributed by atoms with van der Waals surface area (Å²) in [5, 5.41) is 3.07. The van der Waals surface area contributed by atoms with E-state index in [0.717, 1.165) is 31.4 Å². The molecule has 132 valence electrons. The van der Waals surface area contributed by atoms with Crippen molar-refractivity contribution in [3.63, 3.8) is 0 Å². The number of carbonyl (C=O) groups excluding carboxylic acids is 1. The minimum Gasteiger partial charge on any atom is -0.481 e. The zero-order valence-electron chi connectivity index (χ0n) is 14.8. The molecule has 1 unspecified atom stereocenters. The van der Waals surface area contributed by atoms with Crippen LogP contribution in [0.3, 0.4) is 0 Å². The molecule has 0 saturated carbocycles. The van der Waals surface area contributed by atoms with Gasteiger partial charge in [0, 0.05) is 31.2 Å². The first-order valence-corrected chi connectivity index (χ1v) is 8.72. The molecule has 0 spiro atoms. The van der Waals surface area contributed by atoms with Crippen molar-refractivity contribution in [1.29, 1.82) is 0 Å². The van der Waals surface area contributed by atoms with E-state index in [4.69, 9.17) is 9.47 Å². The maximum absolute atomic E-state index is 12.6. The number of fused-ring (bicyclic) bond motifs is 1. The number of aromatic nitrogens is 1. The van der Waals surface area contributed by atoms with Crippen molar-refractivity contribution in [3.05, 3.63) is 17.7 Å². The van der Waals surface area contributed by atoms with Gasteiger partial charge in [0.15, 0.2) is 0 Å². The summed E-state index contributed by atoms with van der Waals surface area (Å²) in [7, 11) is 1.58. The molecule has 0 aromatic carbocycles. The van der Waals surface area contributed by atoms with Gasteiger partial charge < -0.3 is 14.8 Å². The molecular formula is C18H27N3O3. The molecule has 2 aliphatic rings. The molecule has 1 atom stereocenters. The van der Waals surface area contributed by atoms with Gasteiger partial charge in [0.25, 0.3) is 0 Å². The number of urea groups is 1. The number of hydrogen-bond donors (Lipinski definition) is 1. The Morgan fingerprint density at radius 1 is 1.46 bits per heavy atom. The van der Waals surface area contributed by atoms with Crippen molar-refractivity contribution >= 4 is 11.8 Å². The molecule has 24 heavy (non-hydrogen) atoms. The molecule has 1 aromatic heterocycles. The Hall–Kier alpha value is -1.82. The van der Waals surface area contributed by atoms with E-state index in [0.29, 0.717) is 24.8 Å². The lowest BCUT2D eigenvalue weighted by Gasteiger charge is -2.37. The molecule has 1 aromatic rings. The predicted molar refractivity (Wildman–Crippen MR) is 92.6 cm³/mol. The lowest BCUT2D eigenvalue weighted by molar-refractivity contribution is -0.0527. The van der Waals surface area contributed by atoms with E-state index in [1.165, 1.54) is 6.42 Å². The highest BCUT2D eigenvalue weighted by molar-refractivity contribution is 5.93. The average molecular weight is 333 g/mol. The summed E-state index contributed by atoms with van der Waals surface area (Å²) in [6.07, 6.45) is 4.43. The Kier molecular flexibility index (Phi) is 4.94. The van der Waals surface area contributed by atoms with Crippen LogP contribution in [0.4, 0.5) is 10.6 Å². The van der Waals surface area contributed by atoms with E-state index in [1.54, 1.807) is 12.0 Å². The first-order valence-electron chi connectivity index (χ1n) is 8.72. The number of nitrogens with one attached hydrogen (secondary N) is 1. The largest absolute Gasteiger partial charge is 0.481 e. The molecule has 0 radical (unpaired) electrons. The third-order valence-electron chi connectivity index (χ3n) is 4.99. The zero-order chi connectivity index (χ0) is 17.2. The average Bonchev–Trinajstić information content (AvgIpc) is 3.03. The Balaban J connectivity index is 1.62. The summed E-state index contributed by atoms with van der Waals surface area (Å²) in [6, 6.07) is 3.72. The predicted octanol–water partition coefficient (Wildman–Crippen LogP) is 2.76. The van der Waals surface area contributed by atoms with Crippen molar-refractivity contribution in [1.82, 2.24) is 10.3 Å². The summed E-state index contributed by atoms with van der Waals surface area (Å²) >= 11 is 0. The standard InChI is InChI=1S/C18H27N3O3/c1-18(2,14-6-4-5-11-24-14)12-19-17(22)21-10-9-13-7-8-15(23-3)20-16(13)21/h7-8,14H,4-6,9-12H2,1-3H3,(H,19,22). The molecule has 2 amide bonds. The highest BCUT2D eigenvalue weighted by Crippen LogP contribution is 2.31. The van der Waals surface area contributed by atoms with Crippen molar-refractivity contribution in [2.75, 3.05) is 31.7 Å². The van der Waals surface area contributed by atoms with Crippen molar-refractivity contribution in [3.8, 4) is 5.88 Å². The summed E-state index contributed by atoms with van der Waals surface area (Å²) < 4.78 is 11.1. The molecule has 3 heterocycles. The highest BCUT2D eigenvalue weighted by atomic mass is 16.5. The maximum atomic E-state index is 12.6. The topological polar surface area (TPSA) is 63.7 Å². The van der Waals surface area contributed by atoms with Gasteiger partial charge in [-0.2, -0.15) is 4.98 Å². The minimum atomic E-state index is -0.0987. The molecule has 6 nitrogen and oxygen atoms in total. The number of pyridine rings is 1. The quantitative estimate of drug-likeness (QED) is 0.920. The van der Waals surface area contributed by atoms with Crippen LogP contribution in [0.25, 0.3) is 0 Å². The van der Waals surface area contributed by atoms with E-state index in [1.807, 2.05) is 12.1 Å². The van der Waals surface area contributed by atoms with Crippen LogP contribution in [-0.2, 0) is 11.2 Å². The normalized spacial score (nSPS) is 20.6. The first kappa shape index (κ1) is 17.0. The van der Waals surface area contributed by atoms with Gasteiger partial charge in [0.2, 0.25) is 5.88 Å². The third-order valence-corrected chi connectivity index (χ3v) is 4.99. The fourth-order valence-electron chi connectivity index (χ4n) is 3.41. The summed E-state index contributed by atoms with van der Waals surface area (Å²) in [6.45, 7) is 6.38. The van der Waals surface area contributed by atoms with Crippen LogP contribution in [0.15, 0.2) is 12.1 Å². The highest BCUT2D eigenvalue weighted by Gasteiger charge is 2.33. The minimum absolute atomic E-state index is 0.0829. The third kappa shape index (κ3) is 3.48. The lowest BCUT2D eigenvalue weighted by Crippen LogP contribution is -2.47. The van der Waals surface area contributed by atoms with Gasteiger partial charge in [-0.3, -0.25) is 4.90 Å². The van der Waals surface area contributed by atoms with Crippen LogP contribution >= 0.6 is 0 Å². The number of anilines is 1. The number of rotatable bonds is 4. The molecule has 1 N–H and O–H groups in total. The summed E-state index contributed by atoms with van der Waals surface area (Å²) in [4.78, 5) is 18.8. The van der Waals surface area contributed by atoms with E-state index in [2.05, 4.69) is 24.1 Å². The SMILES string of the molecule is COc1ccc2c(n1)N(C(=O)NCC(C)(C)C1CCCCO1)CC2. The monoisotopic (exact) mass is 333 g/mol. The fourth-order valence-corrected chi connectivity index (χ4v) is 3.41. The number of hydrogen-bond acceptors (Lipinski definition) is 4. The van der Waals surface area contributed by atoms with Crippen LogP contribution in [0.2, 0.25) is 0 Å². The van der Waals surface area contributed by atoms with Gasteiger partial charge in [0.05, 0.1) is 13.2 Å². The number of amides is 2. The maximum Gasteiger partial charge on any atom is 0.323 e. The van der Waals surface area contributed by atoms with Gasteiger partial charge in [-0.05, 0) is 37.3 Å². The first-order chi connectivity index (χ1) is 11.5. The zero-order valence-corrected chi connectivity index (χ0v) is 14.8. The number of nitrogens with zero attached hydrogens (tertiary/aromatic N) is 2. The summed E-state index contributed by atoms with van der Waals surface area (Å²) in [5.41, 5.74) is 1.00. The Morgan fingerprint density at radius 3 is 3.00 bits per heavy atom. The Morgan fingerprint density at radius 2 is 2.29 bits per heavy atom. The number of carbonyl (C=O) groups is 1. The van der Waals surface area contributed by atoms with Crippen molar-refractivity contribution < 1.29 is 14.3 Å². The Labute approximate surface area is 143 Å². The molecule has 6 heteroatoms. The van der Waals surface area contributed by atoms with E-state index in [9.17, 15) is 4.79 Å². The van der Waals surface area contributed by atoms with Gasteiger partial charge in [-0.25, -0.2) is 4.79 Å². The lowest BCUT2D eigenvalue weighted by atomic mass is 9.82. The summed E-state index contributed by atoms with van der Waals surface area (Å²) in [5.74, 6) is 1.24. The molecule has 0 aliphatic carbocycles. The second-order valence-electron chi connectivity index (χ2n) is 7.24. The van der Waals surface area contributed by atoms with Crippen LogP contribution in [0, 0.1) is 5.41 Å². The Bertz CT molecular complexity index is 597. The van der Waals surface area contributed by atoms with E-state index < -0.39 is 0 Å². The molecule has 1 fully saturated rings. The molecule has 2 aliphatic heterocycles. The second kappa shape index (κ2) is 6.97. The number of ether oxygens (including phenoxy) is 2. The molecule has 0 bridgehead atoms.